The minimum absolute atomic E-state index is 0.0745. The third-order valence-corrected chi connectivity index (χ3v) is 5.23. The number of para-hydroxylation sites is 1. The molecule has 0 radical (unpaired) electrons. The van der Waals surface area contributed by atoms with Crippen molar-refractivity contribution in [2.24, 2.45) is 0 Å². The van der Waals surface area contributed by atoms with E-state index in [1.807, 2.05) is 29.6 Å². The normalized spacial score (nSPS) is 14.4. The molecule has 3 heterocycles. The largest absolute Gasteiger partial charge is 0.365 e. The van der Waals surface area contributed by atoms with Gasteiger partial charge in [-0.1, -0.05) is 24.3 Å². The second-order valence-corrected chi connectivity index (χ2v) is 7.32. The summed E-state index contributed by atoms with van der Waals surface area (Å²) in [7, 11) is 0. The predicted octanol–water partition coefficient (Wildman–Crippen LogP) is 2.74. The quantitative estimate of drug-likeness (QED) is 0.564. The average Bonchev–Trinajstić information content (AvgIpc) is 3.13. The monoisotopic (exact) mass is 386 g/mol. The topological polar surface area (TPSA) is 74.6 Å². The van der Waals surface area contributed by atoms with Gasteiger partial charge in [-0.3, -0.25) is 4.79 Å². The van der Waals surface area contributed by atoms with Gasteiger partial charge in [0.1, 0.15) is 5.82 Å². The molecule has 0 atom stereocenters. The number of hydrogen-bond donors (Lipinski definition) is 2. The maximum atomic E-state index is 11.6. The Morgan fingerprint density at radius 1 is 1.14 bits per heavy atom. The van der Waals surface area contributed by atoms with E-state index in [0.717, 1.165) is 45.9 Å². The highest BCUT2D eigenvalue weighted by atomic mass is 16.2. The molecule has 1 aliphatic heterocycles. The summed E-state index contributed by atoms with van der Waals surface area (Å²) in [5.41, 5.74) is 5.05. The van der Waals surface area contributed by atoms with Crippen molar-refractivity contribution in [2.45, 2.75) is 13.5 Å². The molecule has 5 rings (SSSR count). The van der Waals surface area contributed by atoms with Crippen molar-refractivity contribution >= 4 is 34.0 Å². The van der Waals surface area contributed by atoms with Crippen LogP contribution >= 0.6 is 0 Å². The first-order chi connectivity index (χ1) is 14.2. The Bertz CT molecular complexity index is 1200. The molecule has 0 bridgehead atoms. The van der Waals surface area contributed by atoms with Gasteiger partial charge in [-0.25, -0.2) is 9.50 Å². The molecule has 1 aliphatic rings. The van der Waals surface area contributed by atoms with Crippen LogP contribution in [0.15, 0.2) is 54.6 Å². The van der Waals surface area contributed by atoms with Crippen molar-refractivity contribution in [1.29, 1.82) is 0 Å². The van der Waals surface area contributed by atoms with Crippen molar-refractivity contribution in [3.05, 3.63) is 65.9 Å². The molecule has 2 N–H and O–H groups in total. The summed E-state index contributed by atoms with van der Waals surface area (Å²) in [6.45, 7) is 4.59. The lowest BCUT2D eigenvalue weighted by atomic mass is 10.1. The Hall–Kier alpha value is -3.61. The zero-order valence-corrected chi connectivity index (χ0v) is 16.2. The number of hydrogen-bond acceptors (Lipinski definition) is 5. The molecule has 7 nitrogen and oxygen atoms in total. The van der Waals surface area contributed by atoms with Gasteiger partial charge in [0.15, 0.2) is 5.65 Å². The standard InChI is InChI=1S/C22H22N6O/c1-15-12-20-25-22(18-4-2-3-5-19(18)28(20)26-15)24-13-16-6-8-17(9-7-16)27-11-10-23-21(29)14-27/h2-9,12H,10-11,13-14H2,1H3,(H,23,29)(H,24,25). The van der Waals surface area contributed by atoms with Gasteiger partial charge in [-0.15, -0.1) is 0 Å². The van der Waals surface area contributed by atoms with E-state index in [0.29, 0.717) is 19.6 Å². The molecule has 0 saturated carbocycles. The first-order valence-electron chi connectivity index (χ1n) is 9.77. The molecule has 1 saturated heterocycles. The van der Waals surface area contributed by atoms with Crippen LogP contribution in [0.2, 0.25) is 0 Å². The second kappa shape index (κ2) is 7.09. The lowest BCUT2D eigenvalue weighted by Crippen LogP contribution is -2.47. The van der Waals surface area contributed by atoms with Gasteiger partial charge in [0.25, 0.3) is 0 Å². The minimum atomic E-state index is 0.0745. The highest BCUT2D eigenvalue weighted by molar-refractivity contribution is 5.91. The Morgan fingerprint density at radius 2 is 1.97 bits per heavy atom. The maximum absolute atomic E-state index is 11.6. The lowest BCUT2D eigenvalue weighted by molar-refractivity contribution is -0.120. The van der Waals surface area contributed by atoms with Crippen LogP contribution in [0.1, 0.15) is 11.3 Å². The second-order valence-electron chi connectivity index (χ2n) is 7.32. The molecule has 0 unspecified atom stereocenters. The van der Waals surface area contributed by atoms with Crippen molar-refractivity contribution in [3.63, 3.8) is 0 Å². The van der Waals surface area contributed by atoms with E-state index in [2.05, 4.69) is 57.0 Å². The van der Waals surface area contributed by atoms with E-state index in [-0.39, 0.29) is 5.91 Å². The Kier molecular flexibility index (Phi) is 4.27. The molecule has 7 heteroatoms. The molecule has 1 fully saturated rings. The van der Waals surface area contributed by atoms with Crippen molar-refractivity contribution in [3.8, 4) is 0 Å². The van der Waals surface area contributed by atoms with Gasteiger partial charge in [-0.2, -0.15) is 5.10 Å². The number of nitrogens with one attached hydrogen (secondary N) is 2. The van der Waals surface area contributed by atoms with Crippen LogP contribution in [-0.4, -0.2) is 40.1 Å². The lowest BCUT2D eigenvalue weighted by Gasteiger charge is -2.28. The summed E-state index contributed by atoms with van der Waals surface area (Å²) in [6, 6.07) is 18.5. The van der Waals surface area contributed by atoms with E-state index in [9.17, 15) is 4.79 Å². The fourth-order valence-electron chi connectivity index (χ4n) is 3.78. The van der Waals surface area contributed by atoms with Crippen LogP contribution in [0, 0.1) is 6.92 Å². The van der Waals surface area contributed by atoms with E-state index in [4.69, 9.17) is 4.98 Å². The third-order valence-electron chi connectivity index (χ3n) is 5.23. The number of carbonyl (C=O) groups excluding carboxylic acids is 1. The molecule has 29 heavy (non-hydrogen) atoms. The van der Waals surface area contributed by atoms with Gasteiger partial charge in [0.2, 0.25) is 5.91 Å². The molecule has 4 aromatic rings. The molecular formula is C22H22N6O. The molecule has 1 amide bonds. The maximum Gasteiger partial charge on any atom is 0.239 e. The van der Waals surface area contributed by atoms with E-state index in [1.165, 1.54) is 0 Å². The number of anilines is 2. The summed E-state index contributed by atoms with van der Waals surface area (Å²) >= 11 is 0. The van der Waals surface area contributed by atoms with Crippen molar-refractivity contribution in [2.75, 3.05) is 29.9 Å². The van der Waals surface area contributed by atoms with Crippen molar-refractivity contribution in [1.82, 2.24) is 19.9 Å². The number of piperazine rings is 1. The Balaban J connectivity index is 1.38. The van der Waals surface area contributed by atoms with E-state index < -0.39 is 0 Å². The molecule has 146 valence electrons. The average molecular weight is 386 g/mol. The molecule has 2 aromatic carbocycles. The molecular weight excluding hydrogens is 364 g/mol. The zero-order valence-electron chi connectivity index (χ0n) is 16.2. The summed E-state index contributed by atoms with van der Waals surface area (Å²) in [5, 5.41) is 11.9. The SMILES string of the molecule is Cc1cc2nc(NCc3ccc(N4CCNC(=O)C4)cc3)c3ccccc3n2n1. The summed E-state index contributed by atoms with van der Waals surface area (Å²) < 4.78 is 1.89. The van der Waals surface area contributed by atoms with Gasteiger partial charge in [0.05, 0.1) is 17.8 Å². The first-order valence-corrected chi connectivity index (χ1v) is 9.77. The van der Waals surface area contributed by atoms with Gasteiger partial charge in [-0.05, 0) is 36.8 Å². The van der Waals surface area contributed by atoms with Crippen LogP contribution in [0.5, 0.6) is 0 Å². The highest BCUT2D eigenvalue weighted by Crippen LogP contribution is 2.24. The van der Waals surface area contributed by atoms with Crippen LogP contribution in [0.4, 0.5) is 11.5 Å². The van der Waals surface area contributed by atoms with Gasteiger partial charge >= 0.3 is 0 Å². The van der Waals surface area contributed by atoms with E-state index in [1.54, 1.807) is 0 Å². The third kappa shape index (κ3) is 3.35. The zero-order chi connectivity index (χ0) is 19.8. The Labute approximate surface area is 168 Å². The minimum Gasteiger partial charge on any atom is -0.365 e. The Morgan fingerprint density at radius 3 is 2.79 bits per heavy atom. The number of aromatic nitrogens is 3. The van der Waals surface area contributed by atoms with Crippen molar-refractivity contribution < 1.29 is 4.79 Å². The number of aryl methyl sites for hydroxylation is 1. The van der Waals surface area contributed by atoms with E-state index >= 15 is 0 Å². The predicted molar refractivity (Wildman–Crippen MR) is 114 cm³/mol. The van der Waals surface area contributed by atoms with Crippen LogP contribution in [0.3, 0.4) is 0 Å². The number of fused-ring (bicyclic) bond motifs is 3. The van der Waals surface area contributed by atoms with Crippen LogP contribution in [0.25, 0.3) is 16.6 Å². The number of amides is 1. The summed E-state index contributed by atoms with van der Waals surface area (Å²) in [6.07, 6.45) is 0. The number of carbonyl (C=O) groups is 1. The first kappa shape index (κ1) is 17.5. The molecule has 0 spiro atoms. The summed E-state index contributed by atoms with van der Waals surface area (Å²) in [5.74, 6) is 0.926. The highest BCUT2D eigenvalue weighted by Gasteiger charge is 2.16. The number of nitrogens with zero attached hydrogens (tertiary/aromatic N) is 4. The fourth-order valence-corrected chi connectivity index (χ4v) is 3.78. The van der Waals surface area contributed by atoms with Crippen LogP contribution in [-0.2, 0) is 11.3 Å². The smallest absolute Gasteiger partial charge is 0.239 e. The van der Waals surface area contributed by atoms with Crippen LogP contribution < -0.4 is 15.5 Å². The van der Waals surface area contributed by atoms with Gasteiger partial charge in [0, 0.05) is 36.8 Å². The fraction of sp³-hybridized carbons (Fsp3) is 0.227. The van der Waals surface area contributed by atoms with Gasteiger partial charge < -0.3 is 15.5 Å². The molecule has 0 aliphatic carbocycles. The summed E-state index contributed by atoms with van der Waals surface area (Å²) in [4.78, 5) is 18.5. The number of benzene rings is 2. The molecule has 2 aromatic heterocycles. The number of rotatable bonds is 4.